The summed E-state index contributed by atoms with van der Waals surface area (Å²) in [6.45, 7) is 3.85. The van der Waals surface area contributed by atoms with Gasteiger partial charge in [-0.15, -0.1) is 0 Å². The highest BCUT2D eigenvalue weighted by atomic mass is 16.3. The number of nitrogens with one attached hydrogen (secondary N) is 1. The smallest absolute Gasteiger partial charge is 0.265 e. The van der Waals surface area contributed by atoms with Crippen molar-refractivity contribution in [1.29, 1.82) is 0 Å². The first-order valence-corrected chi connectivity index (χ1v) is 10.7. The van der Waals surface area contributed by atoms with Gasteiger partial charge in [0.1, 0.15) is 11.9 Å². The maximum atomic E-state index is 13.1. The number of hydrogen-bond acceptors (Lipinski definition) is 5. The number of aromatic nitrogens is 2. The number of aliphatic hydroxyl groups is 1. The van der Waals surface area contributed by atoms with E-state index in [1.165, 1.54) is 23.7 Å². The molecule has 2 N–H and O–H groups in total. The molecule has 1 atom stereocenters. The molecule has 2 aromatic heterocycles. The van der Waals surface area contributed by atoms with Crippen molar-refractivity contribution in [3.8, 4) is 0 Å². The molecule has 5 rings (SSSR count). The largest absolute Gasteiger partial charge is 0.374 e. The Balaban J connectivity index is 1.48. The molecule has 0 amide bonds. The summed E-state index contributed by atoms with van der Waals surface area (Å²) in [6.07, 6.45) is 4.65. The first kappa shape index (κ1) is 19.2. The number of pyridine rings is 1. The number of benzene rings is 2. The fourth-order valence-corrected chi connectivity index (χ4v) is 4.40. The summed E-state index contributed by atoms with van der Waals surface area (Å²) in [7, 11) is 0. The van der Waals surface area contributed by atoms with Crippen LogP contribution in [0.2, 0.25) is 0 Å². The summed E-state index contributed by atoms with van der Waals surface area (Å²) in [6, 6.07) is 15.4. The lowest BCUT2D eigenvalue weighted by Crippen LogP contribution is -2.37. The Labute approximate surface area is 174 Å². The molecular weight excluding hydrogens is 376 g/mol. The highest BCUT2D eigenvalue weighted by molar-refractivity contribution is 5.96. The number of fused-ring (bicyclic) bond motifs is 3. The Hall–Kier alpha value is -2.80. The monoisotopic (exact) mass is 402 g/mol. The Morgan fingerprint density at radius 3 is 2.60 bits per heavy atom. The van der Waals surface area contributed by atoms with Gasteiger partial charge >= 0.3 is 0 Å². The van der Waals surface area contributed by atoms with E-state index in [-0.39, 0.29) is 5.56 Å². The van der Waals surface area contributed by atoms with Crippen LogP contribution in [0.25, 0.3) is 27.3 Å². The van der Waals surface area contributed by atoms with Crippen LogP contribution < -0.4 is 10.9 Å². The number of hydrogen-bond donors (Lipinski definition) is 2. The van der Waals surface area contributed by atoms with Gasteiger partial charge in [-0.05, 0) is 61.0 Å². The minimum absolute atomic E-state index is 0.122. The van der Waals surface area contributed by atoms with E-state index in [0.717, 1.165) is 30.4 Å². The highest BCUT2D eigenvalue weighted by Crippen LogP contribution is 2.22. The van der Waals surface area contributed by atoms with Crippen molar-refractivity contribution in [3.05, 3.63) is 70.6 Å². The third-order valence-corrected chi connectivity index (χ3v) is 6.05. The summed E-state index contributed by atoms with van der Waals surface area (Å²) in [5.41, 5.74) is 1.63. The van der Waals surface area contributed by atoms with E-state index in [2.05, 4.69) is 10.2 Å². The quantitative estimate of drug-likeness (QED) is 0.397. The van der Waals surface area contributed by atoms with Crippen LogP contribution in [0.3, 0.4) is 0 Å². The van der Waals surface area contributed by atoms with Gasteiger partial charge in [-0.25, -0.2) is 4.98 Å². The van der Waals surface area contributed by atoms with Crippen LogP contribution in [0.1, 0.15) is 31.1 Å². The van der Waals surface area contributed by atoms with Crippen LogP contribution in [0, 0.1) is 0 Å². The molecule has 1 saturated heterocycles. The third-order valence-electron chi connectivity index (χ3n) is 6.05. The summed E-state index contributed by atoms with van der Waals surface area (Å²) in [4.78, 5) is 20.3. The predicted octanol–water partition coefficient (Wildman–Crippen LogP) is 3.07. The summed E-state index contributed by atoms with van der Waals surface area (Å²) in [5.74, 6) is 0. The van der Waals surface area contributed by atoms with Crippen molar-refractivity contribution in [2.75, 3.05) is 26.2 Å². The van der Waals surface area contributed by atoms with Crippen molar-refractivity contribution in [1.82, 2.24) is 19.6 Å². The Kier molecular flexibility index (Phi) is 5.21. The highest BCUT2D eigenvalue weighted by Gasteiger charge is 2.16. The van der Waals surface area contributed by atoms with E-state index >= 15 is 0 Å². The predicted molar refractivity (Wildman–Crippen MR) is 120 cm³/mol. The van der Waals surface area contributed by atoms with Crippen molar-refractivity contribution in [2.45, 2.75) is 25.5 Å². The molecule has 0 spiro atoms. The van der Waals surface area contributed by atoms with Crippen LogP contribution in [-0.4, -0.2) is 45.6 Å². The van der Waals surface area contributed by atoms with Gasteiger partial charge in [0, 0.05) is 24.8 Å². The van der Waals surface area contributed by atoms with Gasteiger partial charge in [0.25, 0.3) is 5.56 Å². The topological polar surface area (TPSA) is 69.9 Å². The Morgan fingerprint density at radius 2 is 1.80 bits per heavy atom. The molecule has 3 heterocycles. The summed E-state index contributed by atoms with van der Waals surface area (Å²) < 4.78 is 1.53. The molecular formula is C24H26N4O2. The molecule has 6 heteroatoms. The first-order valence-electron chi connectivity index (χ1n) is 10.7. The molecule has 154 valence electrons. The van der Waals surface area contributed by atoms with Gasteiger partial charge in [-0.1, -0.05) is 30.7 Å². The second-order valence-corrected chi connectivity index (χ2v) is 8.05. The van der Waals surface area contributed by atoms with Crippen molar-refractivity contribution in [2.24, 2.45) is 0 Å². The lowest BCUT2D eigenvalue weighted by Gasteiger charge is -2.27. The Morgan fingerprint density at radius 1 is 1.03 bits per heavy atom. The minimum Gasteiger partial charge on any atom is -0.374 e. The van der Waals surface area contributed by atoms with Crippen LogP contribution in [0.4, 0.5) is 0 Å². The van der Waals surface area contributed by atoms with Crippen molar-refractivity contribution < 1.29 is 5.11 Å². The number of rotatable bonds is 5. The van der Waals surface area contributed by atoms with E-state index < -0.39 is 6.23 Å². The van der Waals surface area contributed by atoms with Gasteiger partial charge in [0.2, 0.25) is 0 Å². The van der Waals surface area contributed by atoms with Crippen molar-refractivity contribution >= 4 is 27.3 Å². The van der Waals surface area contributed by atoms with E-state index in [4.69, 9.17) is 4.98 Å². The molecule has 1 aliphatic heterocycles. The van der Waals surface area contributed by atoms with E-state index in [0.29, 0.717) is 28.7 Å². The first-order chi connectivity index (χ1) is 14.7. The van der Waals surface area contributed by atoms with E-state index in [9.17, 15) is 9.90 Å². The molecule has 1 aliphatic rings. The number of aliphatic hydroxyl groups excluding tert-OH is 1. The lowest BCUT2D eigenvalue weighted by atomic mass is 10.1. The average Bonchev–Trinajstić information content (AvgIpc) is 2.78. The number of piperidine rings is 1. The average molecular weight is 402 g/mol. The second kappa shape index (κ2) is 8.14. The van der Waals surface area contributed by atoms with Crippen LogP contribution >= 0.6 is 0 Å². The van der Waals surface area contributed by atoms with Gasteiger partial charge in [0.15, 0.2) is 0 Å². The van der Waals surface area contributed by atoms with Gasteiger partial charge in [-0.2, -0.15) is 0 Å². The molecule has 0 aliphatic carbocycles. The molecule has 1 fully saturated rings. The summed E-state index contributed by atoms with van der Waals surface area (Å²) >= 11 is 0. The zero-order valence-electron chi connectivity index (χ0n) is 16.9. The molecule has 1 unspecified atom stereocenters. The zero-order valence-corrected chi connectivity index (χ0v) is 16.9. The van der Waals surface area contributed by atoms with Crippen LogP contribution in [-0.2, 0) is 0 Å². The van der Waals surface area contributed by atoms with E-state index in [1.807, 2.05) is 42.5 Å². The second-order valence-electron chi connectivity index (χ2n) is 8.05. The van der Waals surface area contributed by atoms with Gasteiger partial charge in [-0.3, -0.25) is 14.5 Å². The van der Waals surface area contributed by atoms with Gasteiger partial charge < -0.3 is 10.0 Å². The lowest BCUT2D eigenvalue weighted by molar-refractivity contribution is 0.130. The normalized spacial score (nSPS) is 16.4. The number of likely N-dealkylation sites (tertiary alicyclic amines) is 1. The molecule has 0 radical (unpaired) electrons. The number of nitrogens with zero attached hydrogens (tertiary/aromatic N) is 3. The third kappa shape index (κ3) is 3.58. The van der Waals surface area contributed by atoms with Crippen molar-refractivity contribution in [3.63, 3.8) is 0 Å². The molecule has 6 nitrogen and oxygen atoms in total. The van der Waals surface area contributed by atoms with Gasteiger partial charge in [0.05, 0.1) is 10.9 Å². The standard InChI is InChI=1S/C24H26N4O2/c29-23(25-10-14-27-11-4-1-5-12-27)19-9-6-13-28-22(19)26-21-16-18-8-3-2-7-17(18)15-20(21)24(28)30/h2-3,6-9,13,15-16,23,25,29H,1,4-5,10-12,14H2. The Bertz CT molecular complexity index is 1260. The molecule has 2 aromatic carbocycles. The zero-order chi connectivity index (χ0) is 20.5. The SMILES string of the molecule is O=c1c2cc3ccccc3cc2nc2c(C(O)NCCN3CCCCC3)cccn12. The fourth-order valence-electron chi connectivity index (χ4n) is 4.40. The van der Waals surface area contributed by atoms with Crippen LogP contribution in [0.15, 0.2) is 59.5 Å². The molecule has 0 bridgehead atoms. The molecule has 0 saturated carbocycles. The maximum Gasteiger partial charge on any atom is 0.265 e. The maximum absolute atomic E-state index is 13.1. The summed E-state index contributed by atoms with van der Waals surface area (Å²) in [5, 5.41) is 16.6. The fraction of sp³-hybridized carbons (Fsp3) is 0.333. The van der Waals surface area contributed by atoms with E-state index in [1.54, 1.807) is 12.3 Å². The minimum atomic E-state index is -0.879. The molecule has 4 aromatic rings. The van der Waals surface area contributed by atoms with Crippen LogP contribution in [0.5, 0.6) is 0 Å². The molecule has 30 heavy (non-hydrogen) atoms.